The maximum absolute atomic E-state index is 13.3. The van der Waals surface area contributed by atoms with Gasteiger partial charge < -0.3 is 9.80 Å². The highest BCUT2D eigenvalue weighted by Gasteiger charge is 2.57. The van der Waals surface area contributed by atoms with Crippen LogP contribution in [0, 0.1) is 6.92 Å². The Bertz CT molecular complexity index is 950. The van der Waals surface area contributed by atoms with Gasteiger partial charge in [-0.15, -0.1) is 0 Å². The number of piperidine rings is 1. The summed E-state index contributed by atoms with van der Waals surface area (Å²) in [6.07, 6.45) is 2.46. The molecule has 1 spiro atoms. The number of aryl methyl sites for hydroxylation is 1. The Morgan fingerprint density at radius 3 is 2.37 bits per heavy atom. The molecule has 0 aliphatic carbocycles. The largest absolute Gasteiger partial charge is 0.338 e. The van der Waals surface area contributed by atoms with E-state index in [0.717, 1.165) is 11.3 Å². The fourth-order valence-corrected chi connectivity index (χ4v) is 4.39. The fourth-order valence-electron chi connectivity index (χ4n) is 4.39. The predicted octanol–water partition coefficient (Wildman–Crippen LogP) is 2.85. The van der Waals surface area contributed by atoms with Crippen LogP contribution in [-0.2, 0) is 11.3 Å². The summed E-state index contributed by atoms with van der Waals surface area (Å²) in [5, 5.41) is 0. The number of amides is 4. The van der Waals surface area contributed by atoms with Gasteiger partial charge in [0.2, 0.25) is 0 Å². The van der Waals surface area contributed by atoms with Crippen molar-refractivity contribution in [3.63, 3.8) is 0 Å². The van der Waals surface area contributed by atoms with Crippen LogP contribution in [0.1, 0.15) is 41.4 Å². The number of rotatable bonds is 4. The van der Waals surface area contributed by atoms with Gasteiger partial charge in [0.15, 0.2) is 0 Å². The quantitative estimate of drug-likeness (QED) is 0.732. The first-order valence-electron chi connectivity index (χ1n) is 10.4. The summed E-state index contributed by atoms with van der Waals surface area (Å²) in [5.41, 5.74) is 1.50. The van der Waals surface area contributed by atoms with Crippen molar-refractivity contribution in [2.24, 2.45) is 0 Å². The number of likely N-dealkylation sites (tertiary alicyclic amines) is 1. The van der Waals surface area contributed by atoms with Gasteiger partial charge in [-0.3, -0.25) is 19.5 Å². The SMILES string of the molecule is CCN1C(=O)N(Cc2ccccc2)C2(CCN(C(=O)c3ccc(C)nc3)CC2)C1=O. The summed E-state index contributed by atoms with van der Waals surface area (Å²) in [6.45, 7) is 5.28. The van der Waals surface area contributed by atoms with Gasteiger partial charge in [0.25, 0.3) is 11.8 Å². The van der Waals surface area contributed by atoms with Gasteiger partial charge in [-0.05, 0) is 44.4 Å². The molecule has 2 fully saturated rings. The molecule has 0 atom stereocenters. The smallest absolute Gasteiger partial charge is 0.327 e. The monoisotopic (exact) mass is 406 g/mol. The van der Waals surface area contributed by atoms with Gasteiger partial charge in [-0.1, -0.05) is 30.3 Å². The number of aromatic nitrogens is 1. The maximum Gasteiger partial charge on any atom is 0.327 e. The number of carbonyl (C=O) groups excluding carboxylic acids is 3. The molecule has 2 saturated heterocycles. The molecule has 2 aromatic rings. The molecule has 2 aliphatic rings. The molecule has 0 bridgehead atoms. The molecular weight excluding hydrogens is 380 g/mol. The van der Waals surface area contributed by atoms with Gasteiger partial charge in [-0.25, -0.2) is 4.79 Å². The van der Waals surface area contributed by atoms with Crippen molar-refractivity contribution in [2.45, 2.75) is 38.8 Å². The van der Waals surface area contributed by atoms with Gasteiger partial charge in [0.05, 0.1) is 5.56 Å². The number of hydrogen-bond acceptors (Lipinski definition) is 4. The van der Waals surface area contributed by atoms with E-state index in [0.29, 0.717) is 44.6 Å². The standard InChI is InChI=1S/C23H26N4O3/c1-3-26-21(29)23(27(22(26)30)16-18-7-5-4-6-8-18)11-13-25(14-12-23)20(28)19-10-9-17(2)24-15-19/h4-10,15H,3,11-14,16H2,1-2H3. The van der Waals surface area contributed by atoms with Crippen molar-refractivity contribution in [1.82, 2.24) is 19.7 Å². The first kappa shape index (κ1) is 20.1. The average molecular weight is 406 g/mol. The molecule has 2 aliphatic heterocycles. The predicted molar refractivity (Wildman–Crippen MR) is 112 cm³/mol. The Kier molecular flexibility index (Phi) is 5.28. The summed E-state index contributed by atoms with van der Waals surface area (Å²) in [7, 11) is 0. The number of urea groups is 1. The van der Waals surface area contributed by atoms with E-state index < -0.39 is 5.54 Å². The molecule has 30 heavy (non-hydrogen) atoms. The zero-order chi connectivity index (χ0) is 21.3. The third kappa shape index (κ3) is 3.34. The number of pyridine rings is 1. The maximum atomic E-state index is 13.3. The third-order valence-corrected chi connectivity index (χ3v) is 6.16. The second kappa shape index (κ2) is 7.89. The fraction of sp³-hybridized carbons (Fsp3) is 0.391. The van der Waals surface area contributed by atoms with Crippen LogP contribution < -0.4 is 0 Å². The number of nitrogens with zero attached hydrogens (tertiary/aromatic N) is 4. The Morgan fingerprint density at radius 2 is 1.77 bits per heavy atom. The minimum absolute atomic E-state index is 0.0870. The number of likely N-dealkylation sites (N-methyl/N-ethyl adjacent to an activating group) is 1. The normalized spacial score (nSPS) is 18.4. The topological polar surface area (TPSA) is 73.8 Å². The molecule has 0 unspecified atom stereocenters. The Balaban J connectivity index is 1.55. The van der Waals surface area contributed by atoms with E-state index in [9.17, 15) is 14.4 Å². The first-order chi connectivity index (χ1) is 14.5. The van der Waals surface area contributed by atoms with Crippen molar-refractivity contribution in [3.8, 4) is 0 Å². The van der Waals surface area contributed by atoms with Gasteiger partial charge in [0.1, 0.15) is 5.54 Å². The van der Waals surface area contributed by atoms with E-state index in [1.54, 1.807) is 22.1 Å². The average Bonchev–Trinajstić information content (AvgIpc) is 2.96. The van der Waals surface area contributed by atoms with Crippen molar-refractivity contribution >= 4 is 17.8 Å². The summed E-state index contributed by atoms with van der Waals surface area (Å²) in [5.74, 6) is -0.230. The van der Waals surface area contributed by atoms with Gasteiger partial charge in [-0.2, -0.15) is 0 Å². The van der Waals surface area contributed by atoms with Crippen molar-refractivity contribution in [3.05, 3.63) is 65.5 Å². The van der Waals surface area contributed by atoms with Crippen molar-refractivity contribution < 1.29 is 14.4 Å². The summed E-state index contributed by atoms with van der Waals surface area (Å²) in [6, 6.07) is 13.1. The first-order valence-corrected chi connectivity index (χ1v) is 10.4. The van der Waals surface area contributed by atoms with E-state index in [2.05, 4.69) is 4.98 Å². The molecule has 1 aromatic heterocycles. The highest BCUT2D eigenvalue weighted by Crippen LogP contribution is 2.38. The van der Waals surface area contributed by atoms with Crippen molar-refractivity contribution in [2.75, 3.05) is 19.6 Å². The van der Waals surface area contributed by atoms with Crippen LogP contribution in [0.5, 0.6) is 0 Å². The molecule has 1 aromatic carbocycles. The van der Waals surface area contributed by atoms with Crippen LogP contribution in [0.25, 0.3) is 0 Å². The van der Waals surface area contributed by atoms with E-state index in [1.807, 2.05) is 50.2 Å². The molecule has 7 heteroatoms. The lowest BCUT2D eigenvalue weighted by molar-refractivity contribution is -0.135. The summed E-state index contributed by atoms with van der Waals surface area (Å²) >= 11 is 0. The van der Waals surface area contributed by atoms with E-state index in [-0.39, 0.29) is 17.8 Å². The second-order valence-electron chi connectivity index (χ2n) is 7.92. The minimum Gasteiger partial charge on any atom is -0.338 e. The van der Waals surface area contributed by atoms with Gasteiger partial charge in [0, 0.05) is 38.1 Å². The molecule has 0 saturated carbocycles. The molecule has 0 N–H and O–H groups in total. The summed E-state index contributed by atoms with van der Waals surface area (Å²) < 4.78 is 0. The lowest BCUT2D eigenvalue weighted by Gasteiger charge is -2.42. The molecule has 0 radical (unpaired) electrons. The Labute approximate surface area is 176 Å². The highest BCUT2D eigenvalue weighted by atomic mass is 16.2. The van der Waals surface area contributed by atoms with Crippen LogP contribution in [0.2, 0.25) is 0 Å². The Hall–Kier alpha value is -3.22. The number of hydrogen-bond donors (Lipinski definition) is 0. The zero-order valence-electron chi connectivity index (χ0n) is 17.4. The van der Waals surface area contributed by atoms with E-state index in [4.69, 9.17) is 0 Å². The van der Waals surface area contributed by atoms with Crippen LogP contribution in [0.3, 0.4) is 0 Å². The van der Waals surface area contributed by atoms with Gasteiger partial charge >= 0.3 is 6.03 Å². The molecule has 3 heterocycles. The van der Waals surface area contributed by atoms with Crippen LogP contribution in [0.4, 0.5) is 4.79 Å². The molecule has 7 nitrogen and oxygen atoms in total. The molecular formula is C23H26N4O3. The molecule has 4 amide bonds. The number of carbonyl (C=O) groups is 3. The summed E-state index contributed by atoms with van der Waals surface area (Å²) in [4.78, 5) is 48.2. The van der Waals surface area contributed by atoms with Crippen LogP contribution >= 0.6 is 0 Å². The number of imide groups is 1. The number of benzene rings is 1. The third-order valence-electron chi connectivity index (χ3n) is 6.16. The highest BCUT2D eigenvalue weighted by molar-refractivity contribution is 6.07. The van der Waals surface area contributed by atoms with Crippen molar-refractivity contribution in [1.29, 1.82) is 0 Å². The lowest BCUT2D eigenvalue weighted by atomic mass is 9.85. The second-order valence-corrected chi connectivity index (χ2v) is 7.92. The van der Waals surface area contributed by atoms with E-state index >= 15 is 0 Å². The lowest BCUT2D eigenvalue weighted by Crippen LogP contribution is -2.57. The zero-order valence-corrected chi connectivity index (χ0v) is 17.4. The van der Waals surface area contributed by atoms with Crippen LogP contribution in [0.15, 0.2) is 48.7 Å². The van der Waals surface area contributed by atoms with E-state index in [1.165, 1.54) is 4.90 Å². The molecule has 4 rings (SSSR count). The molecule has 156 valence electrons. The minimum atomic E-state index is -0.884. The Morgan fingerprint density at radius 1 is 1.07 bits per heavy atom. The van der Waals surface area contributed by atoms with Crippen LogP contribution in [-0.4, -0.2) is 62.7 Å².